The quantitative estimate of drug-likeness (QED) is 0.367. The van der Waals surface area contributed by atoms with Gasteiger partial charge in [-0.2, -0.15) is 0 Å². The van der Waals surface area contributed by atoms with E-state index in [9.17, 15) is 9.59 Å². The van der Waals surface area contributed by atoms with Crippen LogP contribution in [0.2, 0.25) is 0 Å². The van der Waals surface area contributed by atoms with E-state index in [-0.39, 0.29) is 5.91 Å². The summed E-state index contributed by atoms with van der Waals surface area (Å²) in [5, 5.41) is 5.61. The van der Waals surface area contributed by atoms with E-state index in [1.54, 1.807) is 0 Å². The number of carbonyl (C=O) groups is 2. The number of hydrogen-bond donors (Lipinski definition) is 2. The van der Waals surface area contributed by atoms with Crippen molar-refractivity contribution in [3.8, 4) is 0 Å². The summed E-state index contributed by atoms with van der Waals surface area (Å²) in [4.78, 5) is 22.3. The van der Waals surface area contributed by atoms with Crippen LogP contribution in [-0.2, 0) is 9.59 Å². The van der Waals surface area contributed by atoms with Crippen molar-refractivity contribution in [2.24, 2.45) is 0 Å². The molecule has 2 N–H and O–H groups in total. The van der Waals surface area contributed by atoms with Gasteiger partial charge in [0.25, 0.3) is 0 Å². The van der Waals surface area contributed by atoms with E-state index < -0.39 is 23.1 Å². The number of para-hydroxylation sites is 1. The molecule has 1 aromatic rings. The van der Waals surface area contributed by atoms with Crippen molar-refractivity contribution in [2.75, 3.05) is 23.4 Å². The van der Waals surface area contributed by atoms with Gasteiger partial charge in [0.2, 0.25) is 0 Å². The van der Waals surface area contributed by atoms with Crippen LogP contribution in [0.3, 0.4) is 0 Å². The molecule has 0 aliphatic carbocycles. The Balaban J connectivity index is 1.82. The summed E-state index contributed by atoms with van der Waals surface area (Å²) in [5.41, 5.74) is 0.940. The third-order valence-corrected chi connectivity index (χ3v) is 17.2. The monoisotopic (exact) mass is 468 g/mol. The molecule has 2 rings (SSSR count). The van der Waals surface area contributed by atoms with Crippen LogP contribution in [-0.4, -0.2) is 47.0 Å². The number of halogens is 2. The van der Waals surface area contributed by atoms with Crippen LogP contribution in [0.25, 0.3) is 0 Å². The number of alkyl halides is 2. The van der Waals surface area contributed by atoms with Crippen molar-refractivity contribution < 1.29 is 9.59 Å². The second-order valence-electron chi connectivity index (χ2n) is 5.04. The van der Waals surface area contributed by atoms with Crippen molar-refractivity contribution in [3.05, 3.63) is 24.3 Å². The molecule has 1 fully saturated rings. The molecule has 0 atom stereocenters. The number of rotatable bonds is 7. The Morgan fingerprint density at radius 2 is 1.92 bits per heavy atom. The number of nitrogens with one attached hydrogen (secondary N) is 2. The SMILES string of the molecule is O=C(CCCNC(=O)C(Cl)Cl)Nc1ccccc1[As]1SCCCS1. The number of amides is 2. The van der Waals surface area contributed by atoms with Gasteiger partial charge in [0, 0.05) is 0 Å². The fourth-order valence-corrected chi connectivity index (χ4v) is 15.8. The van der Waals surface area contributed by atoms with Crippen LogP contribution < -0.4 is 15.0 Å². The summed E-state index contributed by atoms with van der Waals surface area (Å²) in [5.74, 6) is 1.97. The molecule has 0 spiro atoms. The van der Waals surface area contributed by atoms with Crippen LogP contribution in [0.4, 0.5) is 5.69 Å². The normalized spacial score (nSPS) is 15.3. The summed E-state index contributed by atoms with van der Waals surface area (Å²) < 4.78 is 1.31. The van der Waals surface area contributed by atoms with Gasteiger partial charge in [0.15, 0.2) is 0 Å². The van der Waals surface area contributed by atoms with Crippen LogP contribution in [0, 0.1) is 0 Å². The van der Waals surface area contributed by atoms with E-state index in [4.69, 9.17) is 23.2 Å². The fourth-order valence-electron chi connectivity index (χ4n) is 2.02. The molecule has 0 unspecified atom stereocenters. The van der Waals surface area contributed by atoms with E-state index in [1.807, 2.05) is 18.2 Å². The van der Waals surface area contributed by atoms with E-state index in [0.717, 1.165) is 5.69 Å². The van der Waals surface area contributed by atoms with E-state index in [0.29, 0.717) is 19.4 Å². The topological polar surface area (TPSA) is 58.2 Å². The molecule has 0 radical (unpaired) electrons. The third-order valence-electron chi connectivity index (χ3n) is 3.16. The molecule has 1 aliphatic heterocycles. The first-order chi connectivity index (χ1) is 11.6. The second-order valence-corrected chi connectivity index (χ2v) is 17.8. The maximum absolute atomic E-state index is 12.2. The van der Waals surface area contributed by atoms with Crippen molar-refractivity contribution in [1.29, 1.82) is 0 Å². The Bertz CT molecular complexity index is 572. The molecular formula is C15H19AsCl2N2O2S2. The third kappa shape index (κ3) is 6.72. The van der Waals surface area contributed by atoms with Gasteiger partial charge in [-0.3, -0.25) is 0 Å². The molecule has 1 heterocycles. The first kappa shape index (κ1) is 20.3. The molecule has 1 aliphatic rings. The van der Waals surface area contributed by atoms with Gasteiger partial charge >= 0.3 is 164 Å². The summed E-state index contributed by atoms with van der Waals surface area (Å²) in [7, 11) is 4.14. The van der Waals surface area contributed by atoms with Gasteiger partial charge in [0.1, 0.15) is 0 Å². The van der Waals surface area contributed by atoms with E-state index >= 15 is 0 Å². The zero-order valence-electron chi connectivity index (χ0n) is 13.0. The Kier molecular flexibility index (Phi) is 9.20. The van der Waals surface area contributed by atoms with E-state index in [1.165, 1.54) is 22.3 Å². The second kappa shape index (κ2) is 10.9. The zero-order chi connectivity index (χ0) is 17.4. The Morgan fingerprint density at radius 1 is 1.21 bits per heavy atom. The Hall–Kier alpha value is -0.00156. The number of hydrogen-bond acceptors (Lipinski definition) is 4. The van der Waals surface area contributed by atoms with Gasteiger partial charge in [-0.25, -0.2) is 0 Å². The zero-order valence-corrected chi connectivity index (χ0v) is 18.0. The Morgan fingerprint density at radius 3 is 2.62 bits per heavy atom. The molecule has 9 heteroatoms. The number of anilines is 1. The Labute approximate surface area is 163 Å². The average Bonchev–Trinajstić information content (AvgIpc) is 2.59. The van der Waals surface area contributed by atoms with Crippen LogP contribution in [0.1, 0.15) is 19.3 Å². The van der Waals surface area contributed by atoms with Gasteiger partial charge in [-0.1, -0.05) is 0 Å². The van der Waals surface area contributed by atoms with Gasteiger partial charge in [-0.15, -0.1) is 0 Å². The molecule has 4 nitrogen and oxygen atoms in total. The number of carbonyl (C=O) groups excluding carboxylic acids is 2. The summed E-state index contributed by atoms with van der Waals surface area (Å²) >= 11 is 9.70. The van der Waals surface area contributed by atoms with Crippen molar-refractivity contribution in [1.82, 2.24) is 5.32 Å². The molecule has 2 amide bonds. The predicted octanol–water partition coefficient (Wildman–Crippen LogP) is 2.89. The van der Waals surface area contributed by atoms with Gasteiger partial charge in [-0.05, 0) is 0 Å². The maximum atomic E-state index is 12.2. The summed E-state index contributed by atoms with van der Waals surface area (Å²) in [6.45, 7) is 0.382. The van der Waals surface area contributed by atoms with Gasteiger partial charge in [0.05, 0.1) is 0 Å². The minimum absolute atomic E-state index is 0.0361. The number of benzene rings is 1. The molecule has 0 aromatic heterocycles. The summed E-state index contributed by atoms with van der Waals surface area (Å²) in [6, 6.07) is 8.11. The molecule has 1 aromatic carbocycles. The molecule has 1 saturated heterocycles. The predicted molar refractivity (Wildman–Crippen MR) is 108 cm³/mol. The molecule has 24 heavy (non-hydrogen) atoms. The van der Waals surface area contributed by atoms with Crippen LogP contribution in [0.5, 0.6) is 0 Å². The standard InChI is InChI=1S/C15H19AsCl2N2O2S2/c17-14(18)15(22)19-8-3-7-13(21)20-12-6-2-1-5-11(12)16-23-9-4-10-24-16/h1-2,5-6,14H,3-4,7-10H2,(H,19,22)(H,20,21). The van der Waals surface area contributed by atoms with Crippen molar-refractivity contribution in [3.63, 3.8) is 0 Å². The van der Waals surface area contributed by atoms with Crippen LogP contribution >= 0.6 is 43.3 Å². The summed E-state index contributed by atoms with van der Waals surface area (Å²) in [6.07, 6.45) is 2.16. The molecule has 0 saturated carbocycles. The molecule has 0 bridgehead atoms. The van der Waals surface area contributed by atoms with Crippen LogP contribution in [0.15, 0.2) is 24.3 Å². The fraction of sp³-hybridized carbons (Fsp3) is 0.467. The molecule has 132 valence electrons. The van der Waals surface area contributed by atoms with E-state index in [2.05, 4.69) is 36.7 Å². The van der Waals surface area contributed by atoms with Crippen molar-refractivity contribution >= 4 is 77.4 Å². The first-order valence-electron chi connectivity index (χ1n) is 7.58. The minimum atomic E-state index is -1.18. The van der Waals surface area contributed by atoms with Gasteiger partial charge < -0.3 is 0 Å². The first-order valence-corrected chi connectivity index (χ1v) is 15.9. The average molecular weight is 469 g/mol. The van der Waals surface area contributed by atoms with Crippen molar-refractivity contribution in [2.45, 2.75) is 24.1 Å². The molecular weight excluding hydrogens is 450 g/mol.